The SMILES string of the molecule is N#Cc1cccc(N2CC(Br)CC2=O)n1. The van der Waals surface area contributed by atoms with Crippen molar-refractivity contribution in [3.05, 3.63) is 23.9 Å². The predicted octanol–water partition coefficient (Wildman–Crippen LogP) is 1.45. The summed E-state index contributed by atoms with van der Waals surface area (Å²) in [5.74, 6) is 0.598. The van der Waals surface area contributed by atoms with Crippen LogP contribution >= 0.6 is 15.9 Å². The minimum atomic E-state index is 0.0412. The fourth-order valence-corrected chi connectivity index (χ4v) is 2.09. The molecule has 0 aliphatic carbocycles. The van der Waals surface area contributed by atoms with Crippen LogP contribution in [0.25, 0.3) is 0 Å². The van der Waals surface area contributed by atoms with Crippen molar-refractivity contribution in [3.63, 3.8) is 0 Å². The number of nitriles is 1. The molecule has 76 valence electrons. The van der Waals surface area contributed by atoms with Gasteiger partial charge in [0, 0.05) is 17.8 Å². The number of carbonyl (C=O) groups excluding carboxylic acids is 1. The molecule has 1 aromatic heterocycles. The quantitative estimate of drug-likeness (QED) is 0.723. The van der Waals surface area contributed by atoms with Gasteiger partial charge in [0.1, 0.15) is 17.6 Å². The van der Waals surface area contributed by atoms with Gasteiger partial charge >= 0.3 is 0 Å². The van der Waals surface area contributed by atoms with E-state index in [4.69, 9.17) is 5.26 Å². The smallest absolute Gasteiger partial charge is 0.229 e. The standard InChI is InChI=1S/C10H8BrN3O/c11-7-4-10(15)14(6-7)9-3-1-2-8(5-12)13-9/h1-3,7H,4,6H2. The van der Waals surface area contributed by atoms with Gasteiger partial charge in [0.15, 0.2) is 0 Å². The molecular formula is C10H8BrN3O. The van der Waals surface area contributed by atoms with Crippen LogP contribution < -0.4 is 4.90 Å². The molecule has 0 bridgehead atoms. The Morgan fingerprint density at radius 3 is 3.00 bits per heavy atom. The lowest BCUT2D eigenvalue weighted by molar-refractivity contribution is -0.117. The van der Waals surface area contributed by atoms with Gasteiger partial charge in [-0.3, -0.25) is 9.69 Å². The highest BCUT2D eigenvalue weighted by molar-refractivity contribution is 9.09. The van der Waals surface area contributed by atoms with E-state index in [0.29, 0.717) is 24.5 Å². The molecule has 1 aliphatic heterocycles. The highest BCUT2D eigenvalue weighted by atomic mass is 79.9. The number of halogens is 1. The Morgan fingerprint density at radius 1 is 1.60 bits per heavy atom. The highest BCUT2D eigenvalue weighted by Gasteiger charge is 2.29. The summed E-state index contributed by atoms with van der Waals surface area (Å²) in [7, 11) is 0. The zero-order valence-corrected chi connectivity index (χ0v) is 9.44. The lowest BCUT2D eigenvalue weighted by atomic mass is 10.3. The molecule has 2 rings (SSSR count). The summed E-state index contributed by atoms with van der Waals surface area (Å²) in [5.41, 5.74) is 0.332. The number of alkyl halides is 1. The number of rotatable bonds is 1. The number of carbonyl (C=O) groups is 1. The second kappa shape index (κ2) is 3.99. The Morgan fingerprint density at radius 2 is 2.40 bits per heavy atom. The molecule has 1 atom stereocenters. The third-order valence-corrected chi connectivity index (χ3v) is 2.82. The third kappa shape index (κ3) is 2.00. The molecular weight excluding hydrogens is 258 g/mol. The maximum absolute atomic E-state index is 11.6. The van der Waals surface area contributed by atoms with Crippen LogP contribution in [0.15, 0.2) is 18.2 Å². The van der Waals surface area contributed by atoms with Gasteiger partial charge in [0.25, 0.3) is 0 Å². The fourth-order valence-electron chi connectivity index (χ4n) is 1.52. The molecule has 0 radical (unpaired) electrons. The largest absolute Gasteiger partial charge is 0.296 e. The van der Waals surface area contributed by atoms with Gasteiger partial charge in [-0.05, 0) is 12.1 Å². The molecule has 1 aliphatic rings. The molecule has 4 nitrogen and oxygen atoms in total. The normalized spacial score (nSPS) is 20.4. The van der Waals surface area contributed by atoms with E-state index in [-0.39, 0.29) is 10.7 Å². The van der Waals surface area contributed by atoms with Crippen LogP contribution in [0.5, 0.6) is 0 Å². The van der Waals surface area contributed by atoms with Crippen LogP contribution in [0.4, 0.5) is 5.82 Å². The maximum atomic E-state index is 11.6. The maximum Gasteiger partial charge on any atom is 0.229 e. The molecule has 2 heterocycles. The van der Waals surface area contributed by atoms with Gasteiger partial charge in [-0.2, -0.15) is 5.26 Å². The first-order valence-electron chi connectivity index (χ1n) is 4.52. The Balaban J connectivity index is 2.30. The van der Waals surface area contributed by atoms with Crippen molar-refractivity contribution >= 4 is 27.7 Å². The minimum Gasteiger partial charge on any atom is -0.296 e. The van der Waals surface area contributed by atoms with Gasteiger partial charge in [-0.15, -0.1) is 0 Å². The van der Waals surface area contributed by atoms with Gasteiger partial charge in [-0.25, -0.2) is 4.98 Å². The average Bonchev–Trinajstić information content (AvgIpc) is 2.58. The predicted molar refractivity (Wildman–Crippen MR) is 58.6 cm³/mol. The number of hydrogen-bond donors (Lipinski definition) is 0. The van der Waals surface area contributed by atoms with E-state index >= 15 is 0 Å². The summed E-state index contributed by atoms with van der Waals surface area (Å²) < 4.78 is 0. The zero-order chi connectivity index (χ0) is 10.8. The van der Waals surface area contributed by atoms with Crippen LogP contribution in [-0.2, 0) is 4.79 Å². The zero-order valence-electron chi connectivity index (χ0n) is 7.85. The van der Waals surface area contributed by atoms with E-state index in [1.54, 1.807) is 23.1 Å². The number of pyridine rings is 1. The number of aromatic nitrogens is 1. The van der Waals surface area contributed by atoms with Crippen molar-refractivity contribution in [2.75, 3.05) is 11.4 Å². The Hall–Kier alpha value is -1.41. The highest BCUT2D eigenvalue weighted by Crippen LogP contribution is 2.23. The molecule has 1 saturated heterocycles. The summed E-state index contributed by atoms with van der Waals surface area (Å²) in [6.45, 7) is 0.612. The fraction of sp³-hybridized carbons (Fsp3) is 0.300. The van der Waals surface area contributed by atoms with Crippen LogP contribution in [0.3, 0.4) is 0 Å². The molecule has 1 amide bonds. The molecule has 0 aromatic carbocycles. The summed E-state index contributed by atoms with van der Waals surface area (Å²) in [6, 6.07) is 7.05. The Kier molecular flexibility index (Phi) is 2.69. The monoisotopic (exact) mass is 265 g/mol. The summed E-state index contributed by atoms with van der Waals surface area (Å²) in [5, 5.41) is 8.70. The lowest BCUT2D eigenvalue weighted by Crippen LogP contribution is -2.25. The molecule has 1 unspecified atom stereocenters. The average molecular weight is 266 g/mol. The summed E-state index contributed by atoms with van der Waals surface area (Å²) in [6.07, 6.45) is 0.485. The second-order valence-corrected chi connectivity index (χ2v) is 4.59. The summed E-state index contributed by atoms with van der Waals surface area (Å²) in [4.78, 5) is 17.4. The van der Waals surface area contributed by atoms with Crippen molar-refractivity contribution < 1.29 is 4.79 Å². The number of anilines is 1. The van der Waals surface area contributed by atoms with Crippen LogP contribution in [0, 0.1) is 11.3 Å². The Bertz CT molecular complexity index is 441. The van der Waals surface area contributed by atoms with Crippen molar-refractivity contribution in [3.8, 4) is 6.07 Å². The number of amides is 1. The molecule has 15 heavy (non-hydrogen) atoms. The second-order valence-electron chi connectivity index (χ2n) is 3.30. The van der Waals surface area contributed by atoms with E-state index in [9.17, 15) is 4.79 Å². The molecule has 1 fully saturated rings. The summed E-state index contributed by atoms with van der Waals surface area (Å²) >= 11 is 3.40. The lowest BCUT2D eigenvalue weighted by Gasteiger charge is -2.14. The van der Waals surface area contributed by atoms with Gasteiger partial charge in [0.2, 0.25) is 5.91 Å². The van der Waals surface area contributed by atoms with E-state index in [1.165, 1.54) is 0 Å². The molecule has 0 N–H and O–H groups in total. The van der Waals surface area contributed by atoms with Gasteiger partial charge in [-0.1, -0.05) is 22.0 Å². The van der Waals surface area contributed by atoms with E-state index in [0.717, 1.165) is 0 Å². The van der Waals surface area contributed by atoms with Crippen LogP contribution in [-0.4, -0.2) is 22.3 Å². The van der Waals surface area contributed by atoms with Gasteiger partial charge < -0.3 is 0 Å². The van der Waals surface area contributed by atoms with E-state index < -0.39 is 0 Å². The topological polar surface area (TPSA) is 57.0 Å². The van der Waals surface area contributed by atoms with E-state index in [1.807, 2.05) is 6.07 Å². The first-order chi connectivity index (χ1) is 7.20. The van der Waals surface area contributed by atoms with Gasteiger partial charge in [0.05, 0.1) is 0 Å². The first kappa shape index (κ1) is 10.1. The van der Waals surface area contributed by atoms with Crippen molar-refractivity contribution in [2.24, 2.45) is 0 Å². The number of hydrogen-bond acceptors (Lipinski definition) is 3. The first-order valence-corrected chi connectivity index (χ1v) is 5.44. The molecule has 0 saturated carbocycles. The van der Waals surface area contributed by atoms with Crippen molar-refractivity contribution in [1.29, 1.82) is 5.26 Å². The number of nitrogens with zero attached hydrogens (tertiary/aromatic N) is 3. The molecule has 5 heteroatoms. The Labute approximate surface area is 95.7 Å². The third-order valence-electron chi connectivity index (χ3n) is 2.20. The minimum absolute atomic E-state index is 0.0412. The molecule has 0 spiro atoms. The van der Waals surface area contributed by atoms with E-state index in [2.05, 4.69) is 20.9 Å². The van der Waals surface area contributed by atoms with Crippen LogP contribution in [0.1, 0.15) is 12.1 Å². The molecule has 1 aromatic rings. The van der Waals surface area contributed by atoms with Crippen molar-refractivity contribution in [2.45, 2.75) is 11.2 Å². The van der Waals surface area contributed by atoms with Crippen LogP contribution in [0.2, 0.25) is 0 Å². The van der Waals surface area contributed by atoms with Crippen molar-refractivity contribution in [1.82, 2.24) is 4.98 Å².